The summed E-state index contributed by atoms with van der Waals surface area (Å²) in [4.78, 5) is 0. The number of allylic oxidation sites excluding steroid dienone is 2. The maximum Gasteiger partial charge on any atom is 0.166 e. The second-order valence-electron chi connectivity index (χ2n) is 11.9. The molecule has 0 amide bonds. The average molecular weight is 531 g/mol. The van der Waals surface area contributed by atoms with Gasteiger partial charge in [-0.25, -0.2) is 13.2 Å². The molecular weight excluding hydrogens is 489 g/mol. The van der Waals surface area contributed by atoms with E-state index in [9.17, 15) is 8.78 Å². The molecule has 0 unspecified atom stereocenters. The van der Waals surface area contributed by atoms with Crippen molar-refractivity contribution in [3.05, 3.63) is 95.3 Å². The van der Waals surface area contributed by atoms with Gasteiger partial charge in [0, 0.05) is 5.56 Å². The molecule has 0 N–H and O–H groups in total. The summed E-state index contributed by atoms with van der Waals surface area (Å²) in [5.41, 5.74) is 3.64. The molecule has 2 fully saturated rings. The number of hydrogen-bond donors (Lipinski definition) is 0. The monoisotopic (exact) mass is 530 g/mol. The summed E-state index contributed by atoms with van der Waals surface area (Å²) in [7, 11) is 0. The molecule has 206 valence electrons. The lowest BCUT2D eigenvalue weighted by Crippen LogP contribution is -2.25. The SMILES string of the molecule is CC=CCCC1CCC(C2CCC(c3ccc(-c4ccc(-c5ccc(C)c(F)c5F)cc4)cc3F)CC2)CC1. The third kappa shape index (κ3) is 6.34. The van der Waals surface area contributed by atoms with Gasteiger partial charge in [-0.3, -0.25) is 0 Å². The van der Waals surface area contributed by atoms with Crippen molar-refractivity contribution in [2.45, 2.75) is 84.0 Å². The fraction of sp³-hybridized carbons (Fsp3) is 0.444. The van der Waals surface area contributed by atoms with Crippen molar-refractivity contribution in [1.82, 2.24) is 0 Å². The molecule has 3 heteroatoms. The number of rotatable bonds is 7. The minimum absolute atomic E-state index is 0.131. The first-order chi connectivity index (χ1) is 18.9. The zero-order chi connectivity index (χ0) is 27.4. The van der Waals surface area contributed by atoms with Gasteiger partial charge >= 0.3 is 0 Å². The fourth-order valence-electron chi connectivity index (χ4n) is 7.10. The summed E-state index contributed by atoms with van der Waals surface area (Å²) >= 11 is 0. The van der Waals surface area contributed by atoms with Gasteiger partial charge < -0.3 is 0 Å². The van der Waals surface area contributed by atoms with Crippen LogP contribution in [0, 0.1) is 42.1 Å². The van der Waals surface area contributed by atoms with E-state index >= 15 is 4.39 Å². The smallest absolute Gasteiger partial charge is 0.166 e. The Labute approximate surface area is 232 Å². The Balaban J connectivity index is 1.18. The molecule has 39 heavy (non-hydrogen) atoms. The minimum atomic E-state index is -0.833. The van der Waals surface area contributed by atoms with Crippen LogP contribution in [0.5, 0.6) is 0 Å². The molecule has 0 atom stereocenters. The van der Waals surface area contributed by atoms with Gasteiger partial charge in [0.05, 0.1) is 0 Å². The van der Waals surface area contributed by atoms with Crippen molar-refractivity contribution < 1.29 is 13.2 Å². The predicted molar refractivity (Wildman–Crippen MR) is 156 cm³/mol. The summed E-state index contributed by atoms with van der Waals surface area (Å²) in [6.07, 6.45) is 17.2. The first kappa shape index (κ1) is 27.7. The highest BCUT2D eigenvalue weighted by Crippen LogP contribution is 2.45. The van der Waals surface area contributed by atoms with Crippen LogP contribution in [0.2, 0.25) is 0 Å². The maximum absolute atomic E-state index is 15.3. The second kappa shape index (κ2) is 12.6. The Kier molecular flexibility index (Phi) is 8.95. The molecule has 0 spiro atoms. The predicted octanol–water partition coefficient (Wildman–Crippen LogP) is 11.2. The molecule has 0 aliphatic heterocycles. The summed E-state index contributed by atoms with van der Waals surface area (Å²) in [6, 6.07) is 16.0. The van der Waals surface area contributed by atoms with Gasteiger partial charge in [0.1, 0.15) is 5.82 Å². The normalized spacial score (nSPS) is 23.8. The lowest BCUT2D eigenvalue weighted by molar-refractivity contribution is 0.156. The molecule has 0 saturated heterocycles. The van der Waals surface area contributed by atoms with Crippen molar-refractivity contribution in [3.8, 4) is 22.3 Å². The van der Waals surface area contributed by atoms with Gasteiger partial charge in [-0.2, -0.15) is 0 Å². The largest absolute Gasteiger partial charge is 0.207 e. The van der Waals surface area contributed by atoms with Crippen molar-refractivity contribution in [3.63, 3.8) is 0 Å². The molecule has 0 bridgehead atoms. The molecule has 2 aliphatic carbocycles. The van der Waals surface area contributed by atoms with Crippen LogP contribution >= 0.6 is 0 Å². The first-order valence-corrected chi connectivity index (χ1v) is 14.9. The Morgan fingerprint density at radius 2 is 1.31 bits per heavy atom. The molecule has 3 aromatic rings. The van der Waals surface area contributed by atoms with Crippen molar-refractivity contribution in [1.29, 1.82) is 0 Å². The highest BCUT2D eigenvalue weighted by atomic mass is 19.2. The van der Waals surface area contributed by atoms with E-state index in [4.69, 9.17) is 0 Å². The molecule has 0 radical (unpaired) electrons. The number of halogens is 3. The van der Waals surface area contributed by atoms with Crippen molar-refractivity contribution in [2.75, 3.05) is 0 Å². The van der Waals surface area contributed by atoms with Crippen LogP contribution in [0.15, 0.2) is 66.7 Å². The molecule has 5 rings (SSSR count). The van der Waals surface area contributed by atoms with Gasteiger partial charge in [-0.15, -0.1) is 0 Å². The van der Waals surface area contributed by atoms with E-state index in [1.54, 1.807) is 37.3 Å². The Morgan fingerprint density at radius 3 is 1.95 bits per heavy atom. The first-order valence-electron chi connectivity index (χ1n) is 14.9. The summed E-state index contributed by atoms with van der Waals surface area (Å²) in [5, 5.41) is 0. The molecule has 0 aromatic heterocycles. The zero-order valence-electron chi connectivity index (χ0n) is 23.4. The number of hydrogen-bond acceptors (Lipinski definition) is 0. The van der Waals surface area contributed by atoms with Crippen LogP contribution in [-0.4, -0.2) is 0 Å². The van der Waals surface area contributed by atoms with Crippen molar-refractivity contribution >= 4 is 0 Å². The lowest BCUT2D eigenvalue weighted by Gasteiger charge is -2.38. The van der Waals surface area contributed by atoms with Crippen molar-refractivity contribution in [2.24, 2.45) is 17.8 Å². The molecule has 0 heterocycles. The Bertz CT molecular complexity index is 1270. The summed E-state index contributed by atoms with van der Waals surface area (Å²) in [5.74, 6) is 1.10. The zero-order valence-corrected chi connectivity index (χ0v) is 23.4. The molecule has 2 aliphatic rings. The van der Waals surface area contributed by atoms with Crippen LogP contribution in [0.25, 0.3) is 22.3 Å². The van der Waals surface area contributed by atoms with Gasteiger partial charge in [0.25, 0.3) is 0 Å². The van der Waals surface area contributed by atoms with Gasteiger partial charge in [0.2, 0.25) is 0 Å². The van der Waals surface area contributed by atoms with Gasteiger partial charge in [0.15, 0.2) is 11.6 Å². The Morgan fingerprint density at radius 1 is 0.692 bits per heavy atom. The highest BCUT2D eigenvalue weighted by Gasteiger charge is 2.32. The fourth-order valence-corrected chi connectivity index (χ4v) is 7.10. The van der Waals surface area contributed by atoms with E-state index in [0.29, 0.717) is 11.5 Å². The molecule has 3 aromatic carbocycles. The van der Waals surface area contributed by atoms with E-state index in [0.717, 1.165) is 47.3 Å². The second-order valence-corrected chi connectivity index (χ2v) is 11.9. The van der Waals surface area contributed by atoms with Crippen LogP contribution in [0.4, 0.5) is 13.2 Å². The van der Waals surface area contributed by atoms with Crippen LogP contribution in [0.1, 0.15) is 88.2 Å². The molecule has 2 saturated carbocycles. The quantitative estimate of drug-likeness (QED) is 0.267. The number of aryl methyl sites for hydroxylation is 1. The molecular formula is C36H41F3. The van der Waals surface area contributed by atoms with Gasteiger partial charge in [-0.05, 0) is 123 Å². The van der Waals surface area contributed by atoms with E-state index < -0.39 is 11.6 Å². The summed E-state index contributed by atoms with van der Waals surface area (Å²) < 4.78 is 43.8. The third-order valence-corrected chi connectivity index (χ3v) is 9.55. The maximum atomic E-state index is 15.3. The van der Waals surface area contributed by atoms with Crippen LogP contribution in [0.3, 0.4) is 0 Å². The Hall–Kier alpha value is -2.81. The standard InChI is InChI=1S/C36H41F3/c1-3-4-5-6-25-8-10-26(11-9-25)27-12-16-29(17-13-27)32-22-20-31(23-34(32)37)28-14-18-30(19-15-28)33-21-7-24(2)35(38)36(33)39/h3-4,7,14-15,18-23,25-27,29H,5-6,8-13,16-17H2,1-2H3. The van der Waals surface area contributed by atoms with Crippen LogP contribution < -0.4 is 0 Å². The minimum Gasteiger partial charge on any atom is -0.207 e. The summed E-state index contributed by atoms with van der Waals surface area (Å²) in [6.45, 7) is 3.65. The lowest BCUT2D eigenvalue weighted by atomic mass is 9.68. The van der Waals surface area contributed by atoms with E-state index in [1.165, 1.54) is 51.4 Å². The van der Waals surface area contributed by atoms with Crippen LogP contribution in [-0.2, 0) is 0 Å². The highest BCUT2D eigenvalue weighted by molar-refractivity contribution is 5.71. The van der Waals surface area contributed by atoms with Gasteiger partial charge in [-0.1, -0.05) is 73.5 Å². The topological polar surface area (TPSA) is 0 Å². The van der Waals surface area contributed by atoms with E-state index in [1.807, 2.05) is 24.3 Å². The average Bonchev–Trinajstić information content (AvgIpc) is 2.97. The van der Waals surface area contributed by atoms with E-state index in [-0.39, 0.29) is 16.9 Å². The number of benzene rings is 3. The van der Waals surface area contributed by atoms with E-state index in [2.05, 4.69) is 19.1 Å². The molecule has 0 nitrogen and oxygen atoms in total. The third-order valence-electron chi connectivity index (χ3n) is 9.55.